The Morgan fingerprint density at radius 3 is 1.37 bits per heavy atom. The lowest BCUT2D eigenvalue weighted by Crippen LogP contribution is -2.28. The van der Waals surface area contributed by atoms with E-state index in [0.29, 0.717) is 0 Å². The molecule has 0 atom stereocenters. The standard InChI is InChI=1S/C65H45N3/c1-6-22-50(23-7-1)66(51-24-8-2-9-25-51)55-37-40-61-59(44-55)60-45-56(67(52-26-10-3-11-27-52)53-28-12-4-13-29-53)38-41-62(60)65(61,48-35-34-46-20-16-17-21-47(46)42-48)49-36-39-58-57-32-18-19-33-63(57)68(64(58)43-49)54-30-14-5-15-31-54/h1-45H/i16D,17D,20D,21D,34D,35D,42D. The third kappa shape index (κ3) is 6.28. The van der Waals surface area contributed by atoms with E-state index in [0.717, 1.165) is 89.4 Å². The largest absolute Gasteiger partial charge is 0.310 e. The molecule has 0 bridgehead atoms. The lowest BCUT2D eigenvalue weighted by Gasteiger charge is -2.35. The predicted octanol–water partition coefficient (Wildman–Crippen LogP) is 17.2. The zero-order valence-electron chi connectivity index (χ0n) is 43.8. The van der Waals surface area contributed by atoms with Crippen LogP contribution in [0.5, 0.6) is 0 Å². The van der Waals surface area contributed by atoms with Crippen molar-refractivity contribution in [1.29, 1.82) is 0 Å². The number of hydrogen-bond acceptors (Lipinski definition) is 2. The van der Waals surface area contributed by atoms with Crippen LogP contribution in [0.4, 0.5) is 34.1 Å². The third-order valence-corrected chi connectivity index (χ3v) is 13.4. The van der Waals surface area contributed by atoms with Crippen LogP contribution < -0.4 is 9.80 Å². The lowest BCUT2D eigenvalue weighted by atomic mass is 9.67. The van der Waals surface area contributed by atoms with Crippen molar-refractivity contribution in [3.8, 4) is 16.8 Å². The molecule has 1 aliphatic rings. The van der Waals surface area contributed by atoms with E-state index in [1.54, 1.807) is 0 Å². The quantitative estimate of drug-likeness (QED) is 0.143. The molecule has 0 amide bonds. The minimum Gasteiger partial charge on any atom is -0.310 e. The normalized spacial score (nSPS) is 14.0. The maximum atomic E-state index is 10.4. The van der Waals surface area contributed by atoms with Crippen LogP contribution in [0, 0.1) is 0 Å². The van der Waals surface area contributed by atoms with E-state index in [9.17, 15) is 5.48 Å². The summed E-state index contributed by atoms with van der Waals surface area (Å²) in [5.41, 5.74) is 11.0. The van der Waals surface area contributed by atoms with Crippen LogP contribution in [0.25, 0.3) is 49.4 Å². The van der Waals surface area contributed by atoms with Gasteiger partial charge >= 0.3 is 0 Å². The number of fused-ring (bicyclic) bond motifs is 7. The number of para-hydroxylation sites is 6. The highest BCUT2D eigenvalue weighted by Gasteiger charge is 2.47. The van der Waals surface area contributed by atoms with Crippen LogP contribution in [0.15, 0.2) is 273 Å². The van der Waals surface area contributed by atoms with Gasteiger partial charge in [0.15, 0.2) is 0 Å². The minimum atomic E-state index is -1.50. The van der Waals surface area contributed by atoms with Crippen LogP contribution >= 0.6 is 0 Å². The van der Waals surface area contributed by atoms with Crippen LogP contribution in [0.1, 0.15) is 31.8 Å². The van der Waals surface area contributed by atoms with Crippen LogP contribution in [0.3, 0.4) is 0 Å². The number of nitrogens with zero attached hydrogens (tertiary/aromatic N) is 3. The van der Waals surface area contributed by atoms with Gasteiger partial charge in [0.2, 0.25) is 0 Å². The maximum Gasteiger partial charge on any atom is 0.0714 e. The second-order valence-corrected chi connectivity index (χ2v) is 17.1. The van der Waals surface area contributed by atoms with Crippen molar-refractivity contribution in [3.63, 3.8) is 0 Å². The maximum absolute atomic E-state index is 10.4. The van der Waals surface area contributed by atoms with Crippen molar-refractivity contribution in [2.45, 2.75) is 5.41 Å². The molecule has 0 N–H and O–H groups in total. The van der Waals surface area contributed by atoms with E-state index in [2.05, 4.69) is 142 Å². The zero-order valence-corrected chi connectivity index (χ0v) is 36.8. The van der Waals surface area contributed by atoms with Gasteiger partial charge < -0.3 is 14.4 Å². The first kappa shape index (κ1) is 32.7. The molecule has 0 fully saturated rings. The Bertz CT molecular complexity index is 4000. The average molecular weight is 875 g/mol. The van der Waals surface area contributed by atoms with Gasteiger partial charge in [0.1, 0.15) is 0 Å². The fraction of sp³-hybridized carbons (Fsp3) is 0.0154. The first-order valence-electron chi connectivity index (χ1n) is 26.4. The summed E-state index contributed by atoms with van der Waals surface area (Å²) in [6.45, 7) is 0. The van der Waals surface area contributed by atoms with Gasteiger partial charge in [-0.05, 0) is 147 Å². The summed E-state index contributed by atoms with van der Waals surface area (Å²) < 4.78 is 68.7. The van der Waals surface area contributed by atoms with Crippen LogP contribution in [0.2, 0.25) is 0 Å². The summed E-state index contributed by atoms with van der Waals surface area (Å²) in [6.07, 6.45) is 0. The molecule has 1 aliphatic carbocycles. The summed E-state index contributed by atoms with van der Waals surface area (Å²) >= 11 is 0. The minimum absolute atomic E-state index is 0.0993. The summed E-state index contributed by atoms with van der Waals surface area (Å²) in [5, 5.41) is 1.81. The zero-order chi connectivity index (χ0) is 51.1. The molecule has 3 nitrogen and oxygen atoms in total. The molecule has 320 valence electrons. The molecule has 0 radical (unpaired) electrons. The molecule has 13 rings (SSSR count). The SMILES string of the molecule is [2H]c1c([2H])c([2H])c2c([2H])c(C3(c4ccc5c6ccccc6n(-c6ccccc6)c5c4)c4ccc(N(c5ccccc5)c5ccccc5)cc4-c4cc(N(c5ccccc5)c5ccccc5)ccc43)c([2H])c([2H])c2c1[2H]. The summed E-state index contributed by atoms with van der Waals surface area (Å²) in [5.74, 6) is 0. The second kappa shape index (κ2) is 16.2. The molecular formula is C65H45N3. The van der Waals surface area contributed by atoms with Crippen molar-refractivity contribution in [2.75, 3.05) is 9.80 Å². The smallest absolute Gasteiger partial charge is 0.0714 e. The molecule has 0 unspecified atom stereocenters. The van der Waals surface area contributed by atoms with Gasteiger partial charge in [-0.3, -0.25) is 0 Å². The number of aromatic nitrogens is 1. The molecule has 0 saturated heterocycles. The molecule has 0 aliphatic heterocycles. The predicted molar refractivity (Wildman–Crippen MR) is 285 cm³/mol. The summed E-state index contributed by atoms with van der Waals surface area (Å²) in [4.78, 5) is 4.43. The average Bonchev–Trinajstić information content (AvgIpc) is 4.16. The fourth-order valence-electron chi connectivity index (χ4n) is 10.5. The van der Waals surface area contributed by atoms with E-state index in [-0.39, 0.29) is 34.5 Å². The summed E-state index contributed by atoms with van der Waals surface area (Å²) in [6, 6.07) is 75.7. The third-order valence-electron chi connectivity index (χ3n) is 13.4. The first-order chi connectivity index (χ1) is 36.7. The van der Waals surface area contributed by atoms with Gasteiger partial charge in [-0.15, -0.1) is 0 Å². The van der Waals surface area contributed by atoms with Gasteiger partial charge in [0.05, 0.1) is 26.0 Å². The number of hydrogen-bond donors (Lipinski definition) is 0. The van der Waals surface area contributed by atoms with E-state index >= 15 is 0 Å². The molecular weight excluding hydrogens is 823 g/mol. The van der Waals surface area contributed by atoms with E-state index in [1.165, 1.54) is 0 Å². The van der Waals surface area contributed by atoms with E-state index in [4.69, 9.17) is 4.11 Å². The van der Waals surface area contributed by atoms with Crippen molar-refractivity contribution in [1.82, 2.24) is 4.57 Å². The molecule has 1 aromatic heterocycles. The molecule has 0 saturated carbocycles. The monoisotopic (exact) mass is 874 g/mol. The highest BCUT2D eigenvalue weighted by molar-refractivity contribution is 6.10. The Kier molecular flexibility index (Phi) is 7.79. The number of anilines is 6. The molecule has 1 heterocycles. The topological polar surface area (TPSA) is 11.4 Å². The Morgan fingerprint density at radius 1 is 0.353 bits per heavy atom. The Hall–Kier alpha value is -8.92. The van der Waals surface area contributed by atoms with Crippen LogP contribution in [-0.4, -0.2) is 4.57 Å². The lowest BCUT2D eigenvalue weighted by molar-refractivity contribution is 0.771. The highest BCUT2D eigenvalue weighted by Crippen LogP contribution is 2.59. The van der Waals surface area contributed by atoms with Crippen molar-refractivity contribution < 1.29 is 9.60 Å². The fourth-order valence-corrected chi connectivity index (χ4v) is 10.5. The molecule has 12 aromatic rings. The molecule has 68 heavy (non-hydrogen) atoms. The van der Waals surface area contributed by atoms with Gasteiger partial charge in [-0.25, -0.2) is 0 Å². The Balaban J connectivity index is 1.20. The van der Waals surface area contributed by atoms with Crippen LogP contribution in [-0.2, 0) is 5.41 Å². The van der Waals surface area contributed by atoms with Gasteiger partial charge in [0.25, 0.3) is 0 Å². The second-order valence-electron chi connectivity index (χ2n) is 17.1. The van der Waals surface area contributed by atoms with Crippen molar-refractivity contribution in [3.05, 3.63) is 295 Å². The molecule has 3 heteroatoms. The highest BCUT2D eigenvalue weighted by atomic mass is 15.1. The molecule has 11 aromatic carbocycles. The number of rotatable bonds is 9. The van der Waals surface area contributed by atoms with Gasteiger partial charge in [0, 0.05) is 50.6 Å². The van der Waals surface area contributed by atoms with Gasteiger partial charge in [-0.2, -0.15) is 0 Å². The van der Waals surface area contributed by atoms with E-state index < -0.39 is 29.6 Å². The summed E-state index contributed by atoms with van der Waals surface area (Å²) in [7, 11) is 0. The number of benzene rings is 11. The van der Waals surface area contributed by atoms with Crippen molar-refractivity contribution >= 4 is 66.7 Å². The molecule has 0 spiro atoms. The Labute approximate surface area is 406 Å². The Morgan fingerprint density at radius 2 is 0.824 bits per heavy atom. The van der Waals surface area contributed by atoms with Crippen molar-refractivity contribution in [2.24, 2.45) is 0 Å². The van der Waals surface area contributed by atoms with Gasteiger partial charge in [-0.1, -0.05) is 170 Å². The van der Waals surface area contributed by atoms with E-state index in [1.807, 2.05) is 103 Å². The first-order valence-corrected chi connectivity index (χ1v) is 22.9.